The predicted molar refractivity (Wildman–Crippen MR) is 109 cm³/mol. The third-order valence-corrected chi connectivity index (χ3v) is 4.51. The topological polar surface area (TPSA) is 76.7 Å². The molecule has 2 N–H and O–H groups in total. The SMILES string of the molecule is O=C(NCc1ccccc1)c1ccc(NC(=O)[C@@H]2COc3ccccc3O2)cc1. The first kappa shape index (κ1) is 18.6. The van der Waals surface area contributed by atoms with E-state index >= 15 is 0 Å². The van der Waals surface area contributed by atoms with Crippen LogP contribution in [0.5, 0.6) is 11.5 Å². The van der Waals surface area contributed by atoms with Crippen molar-refractivity contribution in [2.75, 3.05) is 11.9 Å². The summed E-state index contributed by atoms with van der Waals surface area (Å²) in [6.45, 7) is 0.599. The number of carbonyl (C=O) groups is 2. The van der Waals surface area contributed by atoms with Crippen LogP contribution in [0.25, 0.3) is 0 Å². The Kier molecular flexibility index (Phi) is 5.42. The highest BCUT2D eigenvalue weighted by Gasteiger charge is 2.27. The van der Waals surface area contributed by atoms with Crippen LogP contribution in [0.3, 0.4) is 0 Å². The number of hydrogen-bond donors (Lipinski definition) is 2. The minimum Gasteiger partial charge on any atom is -0.485 e. The highest BCUT2D eigenvalue weighted by molar-refractivity contribution is 5.97. The van der Waals surface area contributed by atoms with Gasteiger partial charge in [0.25, 0.3) is 11.8 Å². The fourth-order valence-corrected chi connectivity index (χ4v) is 2.96. The molecule has 2 amide bonds. The zero-order valence-electron chi connectivity index (χ0n) is 15.6. The van der Waals surface area contributed by atoms with Crippen LogP contribution in [-0.2, 0) is 11.3 Å². The second-order valence-electron chi connectivity index (χ2n) is 6.60. The van der Waals surface area contributed by atoms with Crippen molar-refractivity contribution in [3.8, 4) is 11.5 Å². The highest BCUT2D eigenvalue weighted by Crippen LogP contribution is 2.31. The van der Waals surface area contributed by atoms with Gasteiger partial charge in [0, 0.05) is 17.8 Å². The molecule has 0 spiro atoms. The van der Waals surface area contributed by atoms with Gasteiger partial charge in [0.2, 0.25) is 6.10 Å². The molecule has 0 radical (unpaired) electrons. The summed E-state index contributed by atoms with van der Waals surface area (Å²) >= 11 is 0. The third-order valence-electron chi connectivity index (χ3n) is 4.51. The number of para-hydroxylation sites is 2. The van der Waals surface area contributed by atoms with Gasteiger partial charge in [-0.25, -0.2) is 0 Å². The van der Waals surface area contributed by atoms with Crippen LogP contribution in [0.4, 0.5) is 5.69 Å². The normalized spacial score (nSPS) is 14.7. The Morgan fingerprint density at radius 1 is 0.862 bits per heavy atom. The van der Waals surface area contributed by atoms with E-state index < -0.39 is 6.10 Å². The average Bonchev–Trinajstić information content (AvgIpc) is 2.78. The van der Waals surface area contributed by atoms with Crippen molar-refractivity contribution in [3.63, 3.8) is 0 Å². The summed E-state index contributed by atoms with van der Waals surface area (Å²) < 4.78 is 11.3. The van der Waals surface area contributed by atoms with Crippen molar-refractivity contribution >= 4 is 17.5 Å². The molecule has 1 aliphatic heterocycles. The lowest BCUT2D eigenvalue weighted by Crippen LogP contribution is -2.40. The Morgan fingerprint density at radius 3 is 2.31 bits per heavy atom. The molecule has 6 nitrogen and oxygen atoms in total. The lowest BCUT2D eigenvalue weighted by atomic mass is 10.1. The van der Waals surface area contributed by atoms with Crippen LogP contribution >= 0.6 is 0 Å². The Morgan fingerprint density at radius 2 is 1.55 bits per heavy atom. The molecule has 3 aromatic carbocycles. The first-order chi connectivity index (χ1) is 14.2. The summed E-state index contributed by atoms with van der Waals surface area (Å²) in [5.41, 5.74) is 2.13. The first-order valence-corrected chi connectivity index (χ1v) is 9.30. The monoisotopic (exact) mass is 388 g/mol. The maximum atomic E-state index is 12.5. The molecular weight excluding hydrogens is 368 g/mol. The molecular formula is C23H20N2O4. The molecule has 1 heterocycles. The van der Waals surface area contributed by atoms with Gasteiger partial charge in [0.1, 0.15) is 6.61 Å². The number of nitrogens with one attached hydrogen (secondary N) is 2. The smallest absolute Gasteiger partial charge is 0.269 e. The molecule has 4 rings (SSSR count). The van der Waals surface area contributed by atoms with E-state index in [0.29, 0.717) is 29.3 Å². The number of rotatable bonds is 5. The van der Waals surface area contributed by atoms with Gasteiger partial charge in [-0.15, -0.1) is 0 Å². The molecule has 0 saturated carbocycles. The standard InChI is InChI=1S/C23H20N2O4/c26-22(24-14-16-6-2-1-3-7-16)17-10-12-18(13-11-17)25-23(27)21-15-28-19-8-4-5-9-20(19)29-21/h1-13,21H,14-15H2,(H,24,26)(H,25,27)/t21-/m0/s1. The van der Waals surface area contributed by atoms with E-state index in [-0.39, 0.29) is 18.4 Å². The van der Waals surface area contributed by atoms with Crippen molar-refractivity contribution in [3.05, 3.63) is 90.0 Å². The lowest BCUT2D eigenvalue weighted by Gasteiger charge is -2.25. The quantitative estimate of drug-likeness (QED) is 0.702. The molecule has 146 valence electrons. The number of anilines is 1. The number of benzene rings is 3. The van der Waals surface area contributed by atoms with Gasteiger partial charge >= 0.3 is 0 Å². The number of amides is 2. The van der Waals surface area contributed by atoms with E-state index in [9.17, 15) is 9.59 Å². The van der Waals surface area contributed by atoms with E-state index in [4.69, 9.17) is 9.47 Å². The van der Waals surface area contributed by atoms with Crippen molar-refractivity contribution in [2.24, 2.45) is 0 Å². The van der Waals surface area contributed by atoms with Crippen molar-refractivity contribution in [1.82, 2.24) is 5.32 Å². The summed E-state index contributed by atoms with van der Waals surface area (Å²) in [5.74, 6) is 0.694. The summed E-state index contributed by atoms with van der Waals surface area (Å²) in [7, 11) is 0. The maximum Gasteiger partial charge on any atom is 0.269 e. The molecule has 0 fully saturated rings. The molecule has 1 atom stereocenters. The lowest BCUT2D eigenvalue weighted by molar-refractivity contribution is -0.125. The van der Waals surface area contributed by atoms with Crippen molar-refractivity contribution < 1.29 is 19.1 Å². The maximum absolute atomic E-state index is 12.5. The van der Waals surface area contributed by atoms with Crippen LogP contribution in [-0.4, -0.2) is 24.5 Å². The molecule has 29 heavy (non-hydrogen) atoms. The van der Waals surface area contributed by atoms with Gasteiger partial charge in [-0.05, 0) is 42.0 Å². The molecule has 3 aromatic rings. The number of carbonyl (C=O) groups excluding carboxylic acids is 2. The third kappa shape index (κ3) is 4.55. The fraction of sp³-hybridized carbons (Fsp3) is 0.130. The van der Waals surface area contributed by atoms with Crippen molar-refractivity contribution in [1.29, 1.82) is 0 Å². The zero-order chi connectivity index (χ0) is 20.1. The Bertz CT molecular complexity index is 1000. The Balaban J connectivity index is 1.32. The Labute approximate surface area is 168 Å². The van der Waals surface area contributed by atoms with Crippen LogP contribution in [0.1, 0.15) is 15.9 Å². The zero-order valence-corrected chi connectivity index (χ0v) is 15.6. The summed E-state index contributed by atoms with van der Waals surface area (Å²) in [5, 5.41) is 5.66. The summed E-state index contributed by atoms with van der Waals surface area (Å²) in [6.07, 6.45) is -0.737. The van der Waals surface area contributed by atoms with Gasteiger partial charge in [-0.2, -0.15) is 0 Å². The minimum atomic E-state index is -0.737. The van der Waals surface area contributed by atoms with Gasteiger partial charge in [0.05, 0.1) is 0 Å². The molecule has 0 bridgehead atoms. The minimum absolute atomic E-state index is 0.142. The van der Waals surface area contributed by atoms with Crippen molar-refractivity contribution in [2.45, 2.75) is 12.6 Å². The molecule has 1 aliphatic rings. The number of ether oxygens (including phenoxy) is 2. The van der Waals surface area contributed by atoms with Gasteiger partial charge in [-0.1, -0.05) is 42.5 Å². The summed E-state index contributed by atoms with van der Waals surface area (Å²) in [6, 6.07) is 23.6. The van der Waals surface area contributed by atoms with Crippen LogP contribution in [0.2, 0.25) is 0 Å². The molecule has 0 saturated heterocycles. The largest absolute Gasteiger partial charge is 0.485 e. The fourth-order valence-electron chi connectivity index (χ4n) is 2.96. The number of hydrogen-bond acceptors (Lipinski definition) is 4. The van der Waals surface area contributed by atoms with Crippen LogP contribution < -0.4 is 20.1 Å². The molecule has 0 aromatic heterocycles. The second-order valence-corrected chi connectivity index (χ2v) is 6.60. The number of fused-ring (bicyclic) bond motifs is 1. The van der Waals surface area contributed by atoms with E-state index in [1.165, 1.54) is 0 Å². The average molecular weight is 388 g/mol. The molecule has 0 unspecified atom stereocenters. The highest BCUT2D eigenvalue weighted by atomic mass is 16.6. The second kappa shape index (κ2) is 8.48. The first-order valence-electron chi connectivity index (χ1n) is 9.30. The van der Waals surface area contributed by atoms with Gasteiger partial charge in [0.15, 0.2) is 11.5 Å². The van der Waals surface area contributed by atoms with Crippen LogP contribution in [0, 0.1) is 0 Å². The van der Waals surface area contributed by atoms with E-state index in [1.54, 1.807) is 36.4 Å². The predicted octanol–water partition coefficient (Wildman–Crippen LogP) is 3.40. The van der Waals surface area contributed by atoms with Crippen LogP contribution in [0.15, 0.2) is 78.9 Å². The molecule has 6 heteroatoms. The van der Waals surface area contributed by atoms with E-state index in [2.05, 4.69) is 10.6 Å². The van der Waals surface area contributed by atoms with Gasteiger partial charge < -0.3 is 20.1 Å². The van der Waals surface area contributed by atoms with E-state index in [0.717, 1.165) is 5.56 Å². The molecule has 0 aliphatic carbocycles. The van der Waals surface area contributed by atoms with Gasteiger partial charge in [-0.3, -0.25) is 9.59 Å². The summed E-state index contributed by atoms with van der Waals surface area (Å²) in [4.78, 5) is 24.7. The van der Waals surface area contributed by atoms with E-state index in [1.807, 2.05) is 42.5 Å². The Hall–Kier alpha value is -3.80.